The number of esters is 1. The molecule has 0 fully saturated rings. The third-order valence-electron chi connectivity index (χ3n) is 4.49. The number of methoxy groups -OCH3 is 1. The predicted molar refractivity (Wildman–Crippen MR) is 103 cm³/mol. The Bertz CT molecular complexity index is 718. The van der Waals surface area contributed by atoms with Crippen LogP contribution >= 0.6 is 0 Å². The van der Waals surface area contributed by atoms with Crippen LogP contribution in [0.15, 0.2) is 64.3 Å². The second-order valence-electron chi connectivity index (χ2n) is 7.02. The van der Waals surface area contributed by atoms with E-state index in [2.05, 4.69) is 36.7 Å². The fourth-order valence-corrected chi connectivity index (χ4v) is 2.82. The van der Waals surface area contributed by atoms with E-state index in [9.17, 15) is 9.59 Å². The van der Waals surface area contributed by atoms with Gasteiger partial charge in [-0.15, -0.1) is 0 Å². The minimum Gasteiger partial charge on any atom is -0.466 e. The van der Waals surface area contributed by atoms with E-state index in [0.29, 0.717) is 0 Å². The molecule has 134 valence electrons. The standard InChI is InChI=1S/C22H28O3/c1-16(8-7-9-17(2)14-21(24)25-6)10-11-20-18(3)19(15-23)12-13-22(20,4)5/h7-11,14H,12-13H2,1-6H3/b9-7?,11-10?,16-8?,17-14+. The van der Waals surface area contributed by atoms with Crippen LogP contribution in [-0.2, 0) is 14.3 Å². The predicted octanol–water partition coefficient (Wildman–Crippen LogP) is 5.06. The molecule has 0 aliphatic heterocycles. The molecule has 0 unspecified atom stereocenters. The minimum absolute atomic E-state index is 0.0525. The third kappa shape index (κ3) is 6.21. The lowest BCUT2D eigenvalue weighted by molar-refractivity contribution is -0.134. The lowest BCUT2D eigenvalue weighted by Crippen LogP contribution is -2.20. The Morgan fingerprint density at radius 2 is 1.88 bits per heavy atom. The second-order valence-corrected chi connectivity index (χ2v) is 7.02. The molecule has 1 rings (SSSR count). The average Bonchev–Trinajstić information content (AvgIpc) is 2.54. The first-order valence-electron chi connectivity index (χ1n) is 8.46. The van der Waals surface area contributed by atoms with E-state index >= 15 is 0 Å². The molecule has 0 aromatic carbocycles. The highest BCUT2D eigenvalue weighted by atomic mass is 16.5. The van der Waals surface area contributed by atoms with Gasteiger partial charge < -0.3 is 4.74 Å². The molecular weight excluding hydrogens is 312 g/mol. The van der Waals surface area contributed by atoms with E-state index in [1.165, 1.54) is 18.8 Å². The third-order valence-corrected chi connectivity index (χ3v) is 4.49. The molecule has 0 bridgehead atoms. The summed E-state index contributed by atoms with van der Waals surface area (Å²) in [4.78, 5) is 22.2. The number of allylic oxidation sites excluding steroid dienone is 10. The molecule has 0 saturated heterocycles. The van der Waals surface area contributed by atoms with Crippen LogP contribution in [0.25, 0.3) is 0 Å². The van der Waals surface area contributed by atoms with Gasteiger partial charge in [-0.1, -0.05) is 49.8 Å². The van der Waals surface area contributed by atoms with E-state index < -0.39 is 0 Å². The molecule has 1 aliphatic carbocycles. The van der Waals surface area contributed by atoms with Gasteiger partial charge in [0.2, 0.25) is 0 Å². The number of hydrogen-bond donors (Lipinski definition) is 0. The molecule has 1 aliphatic rings. The fraction of sp³-hybridized carbons (Fsp3) is 0.409. The minimum atomic E-state index is -0.358. The number of ether oxygens (including phenoxy) is 1. The Morgan fingerprint density at radius 1 is 1.20 bits per heavy atom. The summed E-state index contributed by atoms with van der Waals surface area (Å²) in [7, 11) is 1.36. The van der Waals surface area contributed by atoms with Crippen molar-refractivity contribution in [3.8, 4) is 0 Å². The summed E-state index contributed by atoms with van der Waals surface area (Å²) in [6, 6.07) is 0. The van der Waals surface area contributed by atoms with Crippen molar-refractivity contribution < 1.29 is 14.3 Å². The van der Waals surface area contributed by atoms with Crippen LogP contribution in [0.2, 0.25) is 0 Å². The Morgan fingerprint density at radius 3 is 2.48 bits per heavy atom. The number of hydrogen-bond acceptors (Lipinski definition) is 3. The summed E-state index contributed by atoms with van der Waals surface area (Å²) < 4.78 is 4.59. The van der Waals surface area contributed by atoms with Crippen LogP contribution in [0.4, 0.5) is 0 Å². The van der Waals surface area contributed by atoms with Crippen molar-refractivity contribution in [1.82, 2.24) is 0 Å². The highest BCUT2D eigenvalue weighted by molar-refractivity contribution is 5.83. The van der Waals surface area contributed by atoms with Gasteiger partial charge in [0.1, 0.15) is 5.94 Å². The first-order valence-corrected chi connectivity index (χ1v) is 8.46. The lowest BCUT2D eigenvalue weighted by Gasteiger charge is -2.33. The van der Waals surface area contributed by atoms with E-state index in [1.807, 2.05) is 39.0 Å². The Kier molecular flexibility index (Phi) is 7.60. The maximum atomic E-state index is 11.1. The van der Waals surface area contributed by atoms with Crippen LogP contribution in [0, 0.1) is 5.41 Å². The Labute approximate surface area is 151 Å². The molecule has 0 spiro atoms. The van der Waals surface area contributed by atoms with Crippen molar-refractivity contribution in [2.75, 3.05) is 7.11 Å². The molecule has 0 aromatic rings. The lowest BCUT2D eigenvalue weighted by atomic mass is 9.71. The molecule has 0 aromatic heterocycles. The average molecular weight is 340 g/mol. The van der Waals surface area contributed by atoms with Gasteiger partial charge >= 0.3 is 5.97 Å². The highest BCUT2D eigenvalue weighted by Crippen LogP contribution is 2.42. The zero-order valence-electron chi connectivity index (χ0n) is 16.1. The van der Waals surface area contributed by atoms with Gasteiger partial charge in [0.15, 0.2) is 0 Å². The number of carbonyl (C=O) groups excluding carboxylic acids is 2. The monoisotopic (exact) mass is 340 g/mol. The summed E-state index contributed by atoms with van der Waals surface area (Å²) in [5, 5.41) is 0. The topological polar surface area (TPSA) is 43.4 Å². The maximum absolute atomic E-state index is 11.1. The first-order chi connectivity index (χ1) is 11.7. The van der Waals surface area contributed by atoms with Crippen molar-refractivity contribution >= 4 is 11.9 Å². The molecule has 25 heavy (non-hydrogen) atoms. The summed E-state index contributed by atoms with van der Waals surface area (Å²) in [6.45, 7) is 10.3. The van der Waals surface area contributed by atoms with Crippen molar-refractivity contribution in [2.45, 2.75) is 47.5 Å². The van der Waals surface area contributed by atoms with Crippen LogP contribution < -0.4 is 0 Å². The Hall–Kier alpha value is -2.38. The van der Waals surface area contributed by atoms with Gasteiger partial charge in [-0.3, -0.25) is 0 Å². The van der Waals surface area contributed by atoms with Crippen molar-refractivity contribution in [3.05, 3.63) is 64.3 Å². The first kappa shape index (κ1) is 20.7. The summed E-state index contributed by atoms with van der Waals surface area (Å²) in [5.41, 5.74) is 4.98. The van der Waals surface area contributed by atoms with E-state index in [0.717, 1.165) is 35.1 Å². The molecule has 0 amide bonds. The zero-order valence-corrected chi connectivity index (χ0v) is 16.1. The molecule has 0 heterocycles. The van der Waals surface area contributed by atoms with Gasteiger partial charge in [0.05, 0.1) is 7.11 Å². The molecule has 3 nitrogen and oxygen atoms in total. The van der Waals surface area contributed by atoms with Crippen LogP contribution in [0.5, 0.6) is 0 Å². The van der Waals surface area contributed by atoms with Gasteiger partial charge in [-0.25, -0.2) is 9.59 Å². The molecule has 0 N–H and O–H groups in total. The molecule has 0 radical (unpaired) electrons. The maximum Gasteiger partial charge on any atom is 0.330 e. The number of rotatable bonds is 5. The summed E-state index contributed by atoms with van der Waals surface area (Å²) in [5.74, 6) is 1.72. The van der Waals surface area contributed by atoms with Gasteiger partial charge in [0, 0.05) is 11.6 Å². The number of carbonyl (C=O) groups is 1. The quantitative estimate of drug-likeness (QED) is 0.304. The van der Waals surface area contributed by atoms with Gasteiger partial charge in [-0.05, 0) is 55.7 Å². The largest absolute Gasteiger partial charge is 0.466 e. The smallest absolute Gasteiger partial charge is 0.330 e. The Balaban J connectivity index is 2.94. The summed E-state index contributed by atoms with van der Waals surface area (Å²) >= 11 is 0. The fourth-order valence-electron chi connectivity index (χ4n) is 2.82. The van der Waals surface area contributed by atoms with E-state index in [4.69, 9.17) is 0 Å². The van der Waals surface area contributed by atoms with E-state index in [-0.39, 0.29) is 11.4 Å². The van der Waals surface area contributed by atoms with Crippen molar-refractivity contribution in [2.24, 2.45) is 5.41 Å². The normalized spacial score (nSPS) is 18.9. The van der Waals surface area contributed by atoms with Crippen molar-refractivity contribution in [1.29, 1.82) is 0 Å². The van der Waals surface area contributed by atoms with Gasteiger partial charge in [0.25, 0.3) is 0 Å². The highest BCUT2D eigenvalue weighted by Gasteiger charge is 2.29. The zero-order chi connectivity index (χ0) is 19.0. The second kappa shape index (κ2) is 9.19. The molecular formula is C22H28O3. The molecule has 0 atom stereocenters. The van der Waals surface area contributed by atoms with Crippen LogP contribution in [0.1, 0.15) is 47.5 Å². The molecule has 3 heteroatoms. The molecule has 0 saturated carbocycles. The van der Waals surface area contributed by atoms with Crippen molar-refractivity contribution in [3.63, 3.8) is 0 Å². The van der Waals surface area contributed by atoms with Crippen LogP contribution in [-0.4, -0.2) is 19.0 Å². The van der Waals surface area contributed by atoms with Gasteiger partial charge in [-0.2, -0.15) is 0 Å². The summed E-state index contributed by atoms with van der Waals surface area (Å²) in [6.07, 6.45) is 13.1. The van der Waals surface area contributed by atoms with E-state index in [1.54, 1.807) is 0 Å². The van der Waals surface area contributed by atoms with Crippen LogP contribution in [0.3, 0.4) is 0 Å². The SMILES string of the molecule is COC(=O)/C=C(\C)C=CC=C(C)C=CC1=C(C)C(=C=O)CCC1(C)C.